The fourth-order valence-corrected chi connectivity index (χ4v) is 12.1. The fourth-order valence-electron chi connectivity index (χ4n) is 12.1. The van der Waals surface area contributed by atoms with Crippen LogP contribution in [0.25, 0.3) is 77.2 Å². The van der Waals surface area contributed by atoms with Crippen LogP contribution in [0.15, 0.2) is 217 Å². The van der Waals surface area contributed by atoms with E-state index >= 15 is 0 Å². The minimum Gasteiger partial charge on any atom is -0.453 e. The molecule has 0 unspecified atom stereocenters. The van der Waals surface area contributed by atoms with Crippen molar-refractivity contribution in [3.05, 3.63) is 246 Å². The SMILES string of the molecule is CC1(C)c2ccccc2-c2ccc(-c3c4ccccc4cc4c3oc3c(N(c5ccccc5)c5ccc6c(c5)C5(c7ccccc7-c7ccccc75)c5ccccc5-6)cccc34)cc21. The van der Waals surface area contributed by atoms with Gasteiger partial charge in [0.15, 0.2) is 5.58 Å². The second kappa shape index (κ2) is 12.8. The van der Waals surface area contributed by atoms with E-state index in [0.717, 1.165) is 44.6 Å². The average molecular weight is 816 g/mol. The third-order valence-corrected chi connectivity index (χ3v) is 14.9. The van der Waals surface area contributed by atoms with E-state index in [4.69, 9.17) is 4.42 Å². The highest BCUT2D eigenvalue weighted by molar-refractivity contribution is 6.20. The van der Waals surface area contributed by atoms with Gasteiger partial charge in [-0.15, -0.1) is 0 Å². The van der Waals surface area contributed by atoms with Crippen molar-refractivity contribution in [1.29, 1.82) is 0 Å². The maximum absolute atomic E-state index is 7.42. The number of hydrogen-bond acceptors (Lipinski definition) is 2. The van der Waals surface area contributed by atoms with Crippen LogP contribution in [0.1, 0.15) is 47.2 Å². The fraction of sp³-hybridized carbons (Fsp3) is 0.0645. The molecular weight excluding hydrogens is 775 g/mol. The lowest BCUT2D eigenvalue weighted by atomic mass is 9.70. The molecule has 64 heavy (non-hydrogen) atoms. The average Bonchev–Trinajstić information content (AvgIpc) is 4.03. The van der Waals surface area contributed by atoms with Crippen molar-refractivity contribution >= 4 is 49.8 Å². The van der Waals surface area contributed by atoms with Gasteiger partial charge in [0.2, 0.25) is 0 Å². The number of hydrogen-bond donors (Lipinski definition) is 0. The van der Waals surface area contributed by atoms with E-state index in [-0.39, 0.29) is 5.41 Å². The highest BCUT2D eigenvalue weighted by atomic mass is 16.3. The topological polar surface area (TPSA) is 16.4 Å². The van der Waals surface area contributed by atoms with E-state index in [2.05, 4.69) is 231 Å². The molecule has 0 saturated heterocycles. The number of benzene rings is 10. The minimum atomic E-state index is -0.455. The molecule has 0 radical (unpaired) electrons. The summed E-state index contributed by atoms with van der Waals surface area (Å²) in [7, 11) is 0. The molecule has 0 aliphatic heterocycles. The van der Waals surface area contributed by atoms with Gasteiger partial charge in [-0.2, -0.15) is 0 Å². The van der Waals surface area contributed by atoms with Gasteiger partial charge in [0.05, 0.1) is 11.1 Å². The Morgan fingerprint density at radius 1 is 0.359 bits per heavy atom. The van der Waals surface area contributed by atoms with Gasteiger partial charge in [0, 0.05) is 33.1 Å². The summed E-state index contributed by atoms with van der Waals surface area (Å²) >= 11 is 0. The molecule has 0 N–H and O–H groups in total. The quantitative estimate of drug-likeness (QED) is 0.176. The van der Waals surface area contributed by atoms with Gasteiger partial charge in [-0.05, 0) is 126 Å². The number of nitrogens with zero attached hydrogens (tertiary/aromatic N) is 1. The van der Waals surface area contributed by atoms with Crippen molar-refractivity contribution in [2.75, 3.05) is 4.90 Å². The van der Waals surface area contributed by atoms with Crippen LogP contribution in [0.2, 0.25) is 0 Å². The van der Waals surface area contributed by atoms with Gasteiger partial charge in [-0.3, -0.25) is 0 Å². The Bertz CT molecular complexity index is 3710. The number of fused-ring (bicyclic) bond motifs is 17. The summed E-state index contributed by atoms with van der Waals surface area (Å²) in [6.45, 7) is 4.71. The molecule has 2 nitrogen and oxygen atoms in total. The van der Waals surface area contributed by atoms with Crippen LogP contribution >= 0.6 is 0 Å². The standard InChI is InChI=1S/C62H41NO/c1-61(2)51-26-12-8-21-43(51)47-33-31-39(36-55(47)61)58-42-20-7-6-17-38(42)35-50-49-25-16-30-57(59(49)64-60(50)58)63(40-18-4-3-5-19-40)41-32-34-48-46-24-11-15-29-54(46)62(56(48)37-41)52-27-13-9-22-44(52)45-23-10-14-28-53(45)62/h3-37H,1-2H3. The zero-order valence-corrected chi connectivity index (χ0v) is 35.6. The van der Waals surface area contributed by atoms with Crippen LogP contribution < -0.4 is 4.90 Å². The molecule has 11 aromatic rings. The van der Waals surface area contributed by atoms with E-state index in [1.807, 2.05) is 0 Å². The molecule has 14 rings (SSSR count). The maximum Gasteiger partial charge on any atom is 0.159 e. The van der Waals surface area contributed by atoms with Crippen LogP contribution in [-0.4, -0.2) is 0 Å². The van der Waals surface area contributed by atoms with Crippen molar-refractivity contribution < 1.29 is 4.42 Å². The summed E-state index contributed by atoms with van der Waals surface area (Å²) in [5, 5.41) is 4.59. The molecule has 1 heterocycles. The maximum atomic E-state index is 7.42. The predicted molar refractivity (Wildman–Crippen MR) is 265 cm³/mol. The third kappa shape index (κ3) is 4.54. The van der Waals surface area contributed by atoms with E-state index in [0.29, 0.717) is 0 Å². The molecular formula is C62H41NO. The minimum absolute atomic E-state index is 0.124. The Morgan fingerprint density at radius 3 is 1.61 bits per heavy atom. The van der Waals surface area contributed by atoms with Crippen molar-refractivity contribution in [2.24, 2.45) is 0 Å². The molecule has 1 spiro atoms. The van der Waals surface area contributed by atoms with Gasteiger partial charge in [0.1, 0.15) is 5.58 Å². The Labute approximate surface area is 372 Å². The van der Waals surface area contributed by atoms with Crippen molar-refractivity contribution in [1.82, 2.24) is 0 Å². The van der Waals surface area contributed by atoms with Gasteiger partial charge < -0.3 is 9.32 Å². The van der Waals surface area contributed by atoms with Crippen LogP contribution in [0.5, 0.6) is 0 Å². The Morgan fingerprint density at radius 2 is 0.906 bits per heavy atom. The zero-order chi connectivity index (χ0) is 42.3. The Hall–Kier alpha value is -7.94. The Balaban J connectivity index is 1.02. The largest absolute Gasteiger partial charge is 0.453 e. The molecule has 300 valence electrons. The molecule has 2 heteroatoms. The molecule has 0 saturated carbocycles. The summed E-state index contributed by atoms with van der Waals surface area (Å²) in [5.41, 5.74) is 22.5. The molecule has 3 aliphatic rings. The molecule has 1 aromatic heterocycles. The summed E-state index contributed by atoms with van der Waals surface area (Å²) in [5.74, 6) is 0. The lowest BCUT2D eigenvalue weighted by Gasteiger charge is -2.32. The molecule has 10 aromatic carbocycles. The highest BCUT2D eigenvalue weighted by Crippen LogP contribution is 2.63. The lowest BCUT2D eigenvalue weighted by molar-refractivity contribution is 0.660. The third-order valence-electron chi connectivity index (χ3n) is 14.9. The van der Waals surface area contributed by atoms with Crippen LogP contribution in [0.4, 0.5) is 17.1 Å². The van der Waals surface area contributed by atoms with Crippen molar-refractivity contribution in [3.63, 3.8) is 0 Å². The van der Waals surface area contributed by atoms with Gasteiger partial charge in [0.25, 0.3) is 0 Å². The van der Waals surface area contributed by atoms with E-state index in [1.54, 1.807) is 0 Å². The molecule has 0 atom stereocenters. The van der Waals surface area contributed by atoms with Crippen LogP contribution in [-0.2, 0) is 10.8 Å². The number of rotatable bonds is 4. The summed E-state index contributed by atoms with van der Waals surface area (Å²) in [6.07, 6.45) is 0. The van der Waals surface area contributed by atoms with Crippen molar-refractivity contribution in [2.45, 2.75) is 24.7 Å². The second-order valence-electron chi connectivity index (χ2n) is 18.3. The smallest absolute Gasteiger partial charge is 0.159 e. The van der Waals surface area contributed by atoms with Gasteiger partial charge in [-0.1, -0.05) is 184 Å². The molecule has 0 amide bonds. The van der Waals surface area contributed by atoms with E-state index in [1.165, 1.54) is 83.1 Å². The van der Waals surface area contributed by atoms with Crippen LogP contribution in [0.3, 0.4) is 0 Å². The van der Waals surface area contributed by atoms with Crippen LogP contribution in [0, 0.1) is 0 Å². The van der Waals surface area contributed by atoms with Gasteiger partial charge in [-0.25, -0.2) is 0 Å². The first-order valence-electron chi connectivity index (χ1n) is 22.4. The summed E-state index contributed by atoms with van der Waals surface area (Å²) in [6, 6.07) is 78.7. The normalized spacial score (nSPS) is 14.3. The lowest BCUT2D eigenvalue weighted by Crippen LogP contribution is -2.26. The number of anilines is 3. The van der Waals surface area contributed by atoms with E-state index < -0.39 is 5.41 Å². The Kier molecular flexibility index (Phi) is 7.13. The molecule has 0 fully saturated rings. The predicted octanol–water partition coefficient (Wildman–Crippen LogP) is 16.5. The molecule has 0 bridgehead atoms. The first-order valence-corrected chi connectivity index (χ1v) is 22.4. The molecule has 3 aliphatic carbocycles. The highest BCUT2D eigenvalue weighted by Gasteiger charge is 2.51. The second-order valence-corrected chi connectivity index (χ2v) is 18.3. The zero-order valence-electron chi connectivity index (χ0n) is 35.6. The number of furan rings is 1. The van der Waals surface area contributed by atoms with Gasteiger partial charge >= 0.3 is 0 Å². The monoisotopic (exact) mass is 815 g/mol. The first-order chi connectivity index (χ1) is 31.5. The van der Waals surface area contributed by atoms with Crippen molar-refractivity contribution in [3.8, 4) is 44.5 Å². The first kappa shape index (κ1) is 35.6. The van der Waals surface area contributed by atoms with E-state index in [9.17, 15) is 0 Å². The summed E-state index contributed by atoms with van der Waals surface area (Å²) < 4.78 is 7.42. The number of para-hydroxylation sites is 2. The summed E-state index contributed by atoms with van der Waals surface area (Å²) in [4.78, 5) is 2.41.